The number of ether oxygens (including phenoxy) is 1. The van der Waals surface area contributed by atoms with Crippen LogP contribution in [0.3, 0.4) is 0 Å². The highest BCUT2D eigenvalue weighted by Crippen LogP contribution is 2.19. The monoisotopic (exact) mass is 296 g/mol. The zero-order chi connectivity index (χ0) is 15.8. The van der Waals surface area contributed by atoms with Crippen LogP contribution in [0.1, 0.15) is 28.8 Å². The van der Waals surface area contributed by atoms with E-state index in [0.717, 1.165) is 6.42 Å². The second-order valence-electron chi connectivity index (χ2n) is 5.23. The molecule has 114 valence electrons. The molecular formula is C19H20O3. The lowest BCUT2D eigenvalue weighted by Gasteiger charge is -2.15. The largest absolute Gasteiger partial charge is 0.469 e. The second-order valence-corrected chi connectivity index (χ2v) is 5.23. The molecule has 0 aromatic heterocycles. The Bertz CT molecular complexity index is 605. The number of benzene rings is 2. The summed E-state index contributed by atoms with van der Waals surface area (Å²) >= 11 is 0. The molecule has 0 unspecified atom stereocenters. The maximum atomic E-state index is 12.6. The van der Waals surface area contributed by atoms with E-state index in [4.69, 9.17) is 4.74 Å². The average molecular weight is 296 g/mol. The van der Waals surface area contributed by atoms with E-state index in [1.807, 2.05) is 48.5 Å². The predicted octanol–water partition coefficient (Wildman–Crippen LogP) is 3.68. The number of Topliss-reactive ketones (excluding diaryl/α,β-unsaturated/α-hetero) is 1. The predicted molar refractivity (Wildman–Crippen MR) is 85.7 cm³/mol. The summed E-state index contributed by atoms with van der Waals surface area (Å²) in [5.41, 5.74) is 1.81. The molecule has 0 saturated heterocycles. The van der Waals surface area contributed by atoms with E-state index in [-0.39, 0.29) is 24.1 Å². The van der Waals surface area contributed by atoms with Crippen molar-refractivity contribution in [2.45, 2.75) is 19.3 Å². The van der Waals surface area contributed by atoms with E-state index in [9.17, 15) is 9.59 Å². The van der Waals surface area contributed by atoms with Crippen LogP contribution in [0.15, 0.2) is 60.7 Å². The van der Waals surface area contributed by atoms with Gasteiger partial charge in [-0.25, -0.2) is 0 Å². The normalized spacial score (nSPS) is 11.7. The Balaban J connectivity index is 2.08. The molecule has 2 aromatic carbocycles. The van der Waals surface area contributed by atoms with Crippen molar-refractivity contribution in [2.75, 3.05) is 7.11 Å². The molecule has 3 heteroatoms. The third kappa shape index (κ3) is 4.55. The lowest BCUT2D eigenvalue weighted by Crippen LogP contribution is -2.20. The molecule has 0 bridgehead atoms. The first kappa shape index (κ1) is 16.0. The van der Waals surface area contributed by atoms with Gasteiger partial charge < -0.3 is 4.74 Å². The van der Waals surface area contributed by atoms with Gasteiger partial charge in [-0.05, 0) is 18.4 Å². The van der Waals surface area contributed by atoms with Crippen molar-refractivity contribution in [3.8, 4) is 0 Å². The first-order valence-electron chi connectivity index (χ1n) is 7.40. The molecule has 0 radical (unpaired) electrons. The fourth-order valence-electron chi connectivity index (χ4n) is 2.43. The van der Waals surface area contributed by atoms with Crippen LogP contribution in [-0.2, 0) is 16.0 Å². The van der Waals surface area contributed by atoms with E-state index < -0.39 is 0 Å². The summed E-state index contributed by atoms with van der Waals surface area (Å²) in [6.07, 6.45) is 1.52. The van der Waals surface area contributed by atoms with Gasteiger partial charge in [0.05, 0.1) is 13.5 Å². The average Bonchev–Trinajstić information content (AvgIpc) is 2.59. The molecule has 0 saturated carbocycles. The van der Waals surface area contributed by atoms with Crippen molar-refractivity contribution < 1.29 is 14.3 Å². The highest BCUT2D eigenvalue weighted by atomic mass is 16.5. The van der Waals surface area contributed by atoms with Crippen molar-refractivity contribution >= 4 is 11.8 Å². The van der Waals surface area contributed by atoms with Crippen molar-refractivity contribution in [2.24, 2.45) is 5.92 Å². The highest BCUT2D eigenvalue weighted by Gasteiger charge is 2.23. The smallest absolute Gasteiger partial charge is 0.306 e. The van der Waals surface area contributed by atoms with E-state index >= 15 is 0 Å². The number of carbonyl (C=O) groups excluding carboxylic acids is 2. The molecule has 0 amide bonds. The topological polar surface area (TPSA) is 43.4 Å². The van der Waals surface area contributed by atoms with E-state index in [1.54, 1.807) is 12.1 Å². The Morgan fingerprint density at radius 2 is 1.55 bits per heavy atom. The van der Waals surface area contributed by atoms with Crippen LogP contribution < -0.4 is 0 Å². The summed E-state index contributed by atoms with van der Waals surface area (Å²) in [5, 5.41) is 0. The van der Waals surface area contributed by atoms with Crippen molar-refractivity contribution in [3.63, 3.8) is 0 Å². The number of methoxy groups -OCH3 is 1. The van der Waals surface area contributed by atoms with Crippen LogP contribution in [0.4, 0.5) is 0 Å². The molecule has 0 aliphatic rings. The van der Waals surface area contributed by atoms with E-state index in [2.05, 4.69) is 0 Å². The molecule has 3 nitrogen and oxygen atoms in total. The number of rotatable bonds is 7. The zero-order valence-electron chi connectivity index (χ0n) is 12.7. The Morgan fingerprint density at radius 3 is 2.14 bits per heavy atom. The van der Waals surface area contributed by atoms with Gasteiger partial charge in [-0.15, -0.1) is 0 Å². The van der Waals surface area contributed by atoms with Gasteiger partial charge in [-0.3, -0.25) is 9.59 Å². The minimum Gasteiger partial charge on any atom is -0.469 e. The summed E-state index contributed by atoms with van der Waals surface area (Å²) in [6, 6.07) is 19.1. The third-order valence-corrected chi connectivity index (χ3v) is 3.69. The molecule has 2 aromatic rings. The molecule has 22 heavy (non-hydrogen) atoms. The Morgan fingerprint density at radius 1 is 0.955 bits per heavy atom. The molecule has 0 fully saturated rings. The number of hydrogen-bond donors (Lipinski definition) is 0. The lowest BCUT2D eigenvalue weighted by atomic mass is 9.89. The van der Waals surface area contributed by atoms with Gasteiger partial charge in [0.1, 0.15) is 0 Å². The molecular weight excluding hydrogens is 276 g/mol. The number of esters is 1. The summed E-state index contributed by atoms with van der Waals surface area (Å²) < 4.78 is 4.73. The Kier molecular flexibility index (Phi) is 5.90. The standard InChI is InChI=1S/C19H20O3/c1-22-18(20)14-17(13-12-15-8-4-2-5-9-15)19(21)16-10-6-3-7-11-16/h2-11,17H,12-14H2,1H3/t17-/m0/s1. The van der Waals surface area contributed by atoms with Gasteiger partial charge in [0, 0.05) is 11.5 Å². The quantitative estimate of drug-likeness (QED) is 0.578. The fraction of sp³-hybridized carbons (Fsp3) is 0.263. The second kappa shape index (κ2) is 8.13. The van der Waals surface area contributed by atoms with Gasteiger partial charge in [-0.2, -0.15) is 0 Å². The minimum absolute atomic E-state index is 0.00179. The van der Waals surface area contributed by atoms with Gasteiger partial charge in [0.15, 0.2) is 5.78 Å². The highest BCUT2D eigenvalue weighted by molar-refractivity contribution is 5.99. The van der Waals surface area contributed by atoms with Gasteiger partial charge in [0.2, 0.25) is 0 Å². The molecule has 0 spiro atoms. The summed E-state index contributed by atoms with van der Waals surface area (Å²) in [6.45, 7) is 0. The SMILES string of the molecule is COC(=O)C[C@H](CCc1ccccc1)C(=O)c1ccccc1. The van der Waals surface area contributed by atoms with Crippen LogP contribution in [-0.4, -0.2) is 18.9 Å². The van der Waals surface area contributed by atoms with Crippen LogP contribution in [0.2, 0.25) is 0 Å². The maximum Gasteiger partial charge on any atom is 0.306 e. The minimum atomic E-state index is -0.352. The Hall–Kier alpha value is -2.42. The van der Waals surface area contributed by atoms with Crippen LogP contribution in [0.25, 0.3) is 0 Å². The van der Waals surface area contributed by atoms with Crippen molar-refractivity contribution in [1.82, 2.24) is 0 Å². The van der Waals surface area contributed by atoms with Crippen LogP contribution in [0, 0.1) is 5.92 Å². The van der Waals surface area contributed by atoms with Gasteiger partial charge in [0.25, 0.3) is 0 Å². The zero-order valence-corrected chi connectivity index (χ0v) is 12.7. The molecule has 0 N–H and O–H groups in total. The van der Waals surface area contributed by atoms with Crippen molar-refractivity contribution in [3.05, 3.63) is 71.8 Å². The van der Waals surface area contributed by atoms with Crippen LogP contribution >= 0.6 is 0 Å². The summed E-state index contributed by atoms with van der Waals surface area (Å²) in [4.78, 5) is 24.2. The summed E-state index contributed by atoms with van der Waals surface area (Å²) in [7, 11) is 1.35. The number of ketones is 1. The van der Waals surface area contributed by atoms with Crippen LogP contribution in [0.5, 0.6) is 0 Å². The molecule has 0 heterocycles. The lowest BCUT2D eigenvalue weighted by molar-refractivity contribution is -0.141. The Labute approximate surface area is 130 Å². The molecule has 0 aliphatic heterocycles. The third-order valence-electron chi connectivity index (χ3n) is 3.69. The molecule has 1 atom stereocenters. The number of hydrogen-bond acceptors (Lipinski definition) is 3. The molecule has 2 rings (SSSR count). The van der Waals surface area contributed by atoms with Gasteiger partial charge in [-0.1, -0.05) is 60.7 Å². The van der Waals surface area contributed by atoms with E-state index in [0.29, 0.717) is 12.0 Å². The van der Waals surface area contributed by atoms with Crippen molar-refractivity contribution in [1.29, 1.82) is 0 Å². The van der Waals surface area contributed by atoms with Gasteiger partial charge >= 0.3 is 5.97 Å². The number of aryl methyl sites for hydroxylation is 1. The molecule has 0 aliphatic carbocycles. The number of carbonyl (C=O) groups is 2. The first-order valence-corrected chi connectivity index (χ1v) is 7.40. The maximum absolute atomic E-state index is 12.6. The first-order chi connectivity index (χ1) is 10.7. The summed E-state index contributed by atoms with van der Waals surface area (Å²) in [5.74, 6) is -0.695. The fourth-order valence-corrected chi connectivity index (χ4v) is 2.43. The van der Waals surface area contributed by atoms with E-state index in [1.165, 1.54) is 12.7 Å².